The highest BCUT2D eigenvalue weighted by Crippen LogP contribution is 2.23. The van der Waals surface area contributed by atoms with E-state index in [-0.39, 0.29) is 11.8 Å². The van der Waals surface area contributed by atoms with Gasteiger partial charge >= 0.3 is 0 Å². The van der Waals surface area contributed by atoms with Crippen molar-refractivity contribution < 1.29 is 14.0 Å². The highest BCUT2D eigenvalue weighted by atomic mass is 16.4. The maximum absolute atomic E-state index is 13.1. The second kappa shape index (κ2) is 11.9. The summed E-state index contributed by atoms with van der Waals surface area (Å²) < 4.78 is 8.07. The van der Waals surface area contributed by atoms with Gasteiger partial charge in [0.05, 0.1) is 13.1 Å². The number of likely N-dealkylation sites (tertiary alicyclic amines) is 1. The molecule has 1 aliphatic rings. The molecular weight excluding hydrogens is 438 g/mol. The van der Waals surface area contributed by atoms with Gasteiger partial charge in [-0.15, -0.1) is 0 Å². The number of rotatable bonds is 10. The molecule has 1 saturated heterocycles. The second-order valence-corrected chi connectivity index (χ2v) is 9.49. The number of hydrogen-bond donors (Lipinski definition) is 0. The molecular formula is C29H37N3O3. The van der Waals surface area contributed by atoms with Gasteiger partial charge in [-0.3, -0.25) is 9.59 Å². The molecule has 1 fully saturated rings. The van der Waals surface area contributed by atoms with E-state index in [0.717, 1.165) is 56.8 Å². The van der Waals surface area contributed by atoms with Gasteiger partial charge in [-0.05, 0) is 61.4 Å². The Bertz CT molecular complexity index is 1090. The van der Waals surface area contributed by atoms with Crippen molar-refractivity contribution >= 4 is 11.8 Å². The van der Waals surface area contributed by atoms with Gasteiger partial charge < -0.3 is 18.8 Å². The van der Waals surface area contributed by atoms with E-state index in [1.165, 1.54) is 5.56 Å². The van der Waals surface area contributed by atoms with Crippen molar-refractivity contribution in [2.24, 2.45) is 5.92 Å². The summed E-state index contributed by atoms with van der Waals surface area (Å²) in [6.45, 7) is 7.39. The van der Waals surface area contributed by atoms with E-state index in [2.05, 4.69) is 35.8 Å². The number of carbonyl (C=O) groups excluding carboxylic acids is 2. The van der Waals surface area contributed by atoms with Crippen molar-refractivity contribution in [3.63, 3.8) is 0 Å². The molecule has 2 aromatic heterocycles. The van der Waals surface area contributed by atoms with Gasteiger partial charge in [-0.25, -0.2) is 0 Å². The van der Waals surface area contributed by atoms with Gasteiger partial charge in [-0.2, -0.15) is 0 Å². The molecule has 0 radical (unpaired) electrons. The summed E-state index contributed by atoms with van der Waals surface area (Å²) in [5, 5.41) is 0. The average molecular weight is 476 g/mol. The van der Waals surface area contributed by atoms with Crippen molar-refractivity contribution in [3.05, 3.63) is 83.6 Å². The van der Waals surface area contributed by atoms with E-state index in [0.29, 0.717) is 31.2 Å². The molecule has 0 saturated carbocycles. The maximum Gasteiger partial charge on any atom is 0.289 e. The van der Waals surface area contributed by atoms with Crippen LogP contribution in [-0.2, 0) is 24.3 Å². The smallest absolute Gasteiger partial charge is 0.289 e. The zero-order valence-corrected chi connectivity index (χ0v) is 21.0. The Labute approximate surface area is 208 Å². The van der Waals surface area contributed by atoms with Crippen LogP contribution >= 0.6 is 0 Å². The lowest BCUT2D eigenvalue weighted by Crippen LogP contribution is -2.38. The lowest BCUT2D eigenvalue weighted by atomic mass is 9.90. The molecule has 6 heteroatoms. The minimum Gasteiger partial charge on any atom is -0.454 e. The quantitative estimate of drug-likeness (QED) is 0.396. The topological polar surface area (TPSA) is 58.7 Å². The normalized spacial score (nSPS) is 14.3. The molecule has 1 aliphatic heterocycles. The van der Waals surface area contributed by atoms with E-state index in [1.54, 1.807) is 6.07 Å². The van der Waals surface area contributed by atoms with Gasteiger partial charge in [-0.1, -0.05) is 44.2 Å². The van der Waals surface area contributed by atoms with E-state index >= 15 is 0 Å². The predicted octanol–water partition coefficient (Wildman–Crippen LogP) is 5.37. The molecule has 0 unspecified atom stereocenters. The summed E-state index contributed by atoms with van der Waals surface area (Å²) >= 11 is 0. The number of amides is 2. The van der Waals surface area contributed by atoms with Gasteiger partial charge in [0.2, 0.25) is 5.91 Å². The van der Waals surface area contributed by atoms with Gasteiger partial charge in [0.25, 0.3) is 5.91 Å². The third kappa shape index (κ3) is 6.44. The monoisotopic (exact) mass is 475 g/mol. The number of hydrogen-bond acceptors (Lipinski definition) is 3. The Kier molecular flexibility index (Phi) is 8.45. The minimum atomic E-state index is -0.0233. The van der Waals surface area contributed by atoms with Crippen LogP contribution in [0, 0.1) is 5.92 Å². The molecule has 0 atom stereocenters. The number of benzene rings is 1. The van der Waals surface area contributed by atoms with Crippen LogP contribution in [0.4, 0.5) is 0 Å². The third-order valence-electron chi connectivity index (χ3n) is 6.89. The van der Waals surface area contributed by atoms with E-state index < -0.39 is 0 Å². The molecule has 0 N–H and O–H groups in total. The highest BCUT2D eigenvalue weighted by molar-refractivity contribution is 5.91. The van der Waals surface area contributed by atoms with Gasteiger partial charge in [0.1, 0.15) is 5.76 Å². The van der Waals surface area contributed by atoms with E-state index in [1.807, 2.05) is 47.2 Å². The fraction of sp³-hybridized carbons (Fsp3) is 0.448. The average Bonchev–Trinajstić information content (AvgIpc) is 3.54. The van der Waals surface area contributed by atoms with Crippen LogP contribution in [0.5, 0.6) is 0 Å². The SMILES string of the molecule is CCCN(Cc1cccn1Cc1ccc(C(=O)N2CCC(Cc3ccccc3)CC2)o1)C(=O)CC. The first-order valence-corrected chi connectivity index (χ1v) is 12.9. The number of furan rings is 1. The standard InChI is InChI=1S/C29H37N3O3/c1-3-16-32(28(33)4-2)21-25-11-8-17-31(25)22-26-12-13-27(35-26)29(34)30-18-14-24(15-19-30)20-23-9-6-5-7-10-23/h5-13,17,24H,3-4,14-16,18-22H2,1-2H3. The van der Waals surface area contributed by atoms with Crippen molar-refractivity contribution in [2.75, 3.05) is 19.6 Å². The van der Waals surface area contributed by atoms with E-state index in [9.17, 15) is 9.59 Å². The summed E-state index contributed by atoms with van der Waals surface area (Å²) in [5.41, 5.74) is 2.43. The van der Waals surface area contributed by atoms with E-state index in [4.69, 9.17) is 4.42 Å². The van der Waals surface area contributed by atoms with Crippen molar-refractivity contribution in [1.29, 1.82) is 0 Å². The Morgan fingerprint density at radius 1 is 1.00 bits per heavy atom. The van der Waals surface area contributed by atoms with Crippen molar-refractivity contribution in [2.45, 2.75) is 59.0 Å². The van der Waals surface area contributed by atoms with Gasteiger partial charge in [0.15, 0.2) is 5.76 Å². The number of aromatic nitrogens is 1. The van der Waals surface area contributed by atoms with Crippen molar-refractivity contribution in [3.8, 4) is 0 Å². The van der Waals surface area contributed by atoms with Crippen LogP contribution in [0.25, 0.3) is 0 Å². The first kappa shape index (κ1) is 24.8. The summed E-state index contributed by atoms with van der Waals surface area (Å²) in [5.74, 6) is 1.91. The predicted molar refractivity (Wildman–Crippen MR) is 137 cm³/mol. The molecule has 0 spiro atoms. The summed E-state index contributed by atoms with van der Waals surface area (Å²) in [7, 11) is 0. The molecule has 0 aliphatic carbocycles. The maximum atomic E-state index is 13.1. The molecule has 4 rings (SSSR count). The summed E-state index contributed by atoms with van der Waals surface area (Å²) in [6.07, 6.45) is 6.55. The molecule has 35 heavy (non-hydrogen) atoms. The van der Waals surface area contributed by atoms with Crippen LogP contribution in [0.15, 0.2) is 65.2 Å². The summed E-state index contributed by atoms with van der Waals surface area (Å²) in [6, 6.07) is 18.3. The van der Waals surface area contributed by atoms with Crippen molar-refractivity contribution in [1.82, 2.24) is 14.4 Å². The molecule has 0 bridgehead atoms. The number of carbonyl (C=O) groups is 2. The largest absolute Gasteiger partial charge is 0.454 e. The summed E-state index contributed by atoms with van der Waals surface area (Å²) in [4.78, 5) is 29.2. The fourth-order valence-corrected chi connectivity index (χ4v) is 4.92. The first-order chi connectivity index (χ1) is 17.1. The Hall–Kier alpha value is -3.28. The van der Waals surface area contributed by atoms with Crippen LogP contribution in [0.1, 0.15) is 67.1 Å². The van der Waals surface area contributed by atoms with Crippen LogP contribution in [-0.4, -0.2) is 45.8 Å². The molecule has 6 nitrogen and oxygen atoms in total. The third-order valence-corrected chi connectivity index (χ3v) is 6.89. The molecule has 3 aromatic rings. The first-order valence-electron chi connectivity index (χ1n) is 12.9. The van der Waals surface area contributed by atoms with Crippen LogP contribution < -0.4 is 0 Å². The zero-order chi connectivity index (χ0) is 24.6. The Morgan fingerprint density at radius 3 is 2.49 bits per heavy atom. The molecule has 2 amide bonds. The molecule has 3 heterocycles. The minimum absolute atomic E-state index is 0.0233. The molecule has 1 aromatic carbocycles. The molecule has 186 valence electrons. The zero-order valence-electron chi connectivity index (χ0n) is 21.0. The lowest BCUT2D eigenvalue weighted by Gasteiger charge is -2.31. The second-order valence-electron chi connectivity index (χ2n) is 9.49. The Balaban J connectivity index is 1.32. The van der Waals surface area contributed by atoms with Gasteiger partial charge in [0, 0.05) is 37.9 Å². The Morgan fingerprint density at radius 2 is 1.77 bits per heavy atom. The number of nitrogens with zero attached hydrogens (tertiary/aromatic N) is 3. The van der Waals surface area contributed by atoms with Crippen LogP contribution in [0.2, 0.25) is 0 Å². The van der Waals surface area contributed by atoms with Crippen LogP contribution in [0.3, 0.4) is 0 Å². The fourth-order valence-electron chi connectivity index (χ4n) is 4.92. The number of piperidine rings is 1. The highest BCUT2D eigenvalue weighted by Gasteiger charge is 2.25. The lowest BCUT2D eigenvalue weighted by molar-refractivity contribution is -0.131.